The molecule has 0 amide bonds. The minimum atomic E-state index is -3.00. The molecule has 1 aliphatic carbocycles. The van der Waals surface area contributed by atoms with Crippen molar-refractivity contribution >= 4 is 10.0 Å². The van der Waals surface area contributed by atoms with E-state index in [-0.39, 0.29) is 0 Å². The highest BCUT2D eigenvalue weighted by Gasteiger charge is 2.23. The molecule has 0 spiro atoms. The first-order chi connectivity index (χ1) is 8.55. The summed E-state index contributed by atoms with van der Waals surface area (Å²) in [6.07, 6.45) is 9.20. The van der Waals surface area contributed by atoms with Crippen LogP contribution in [0.3, 0.4) is 0 Å². The van der Waals surface area contributed by atoms with Gasteiger partial charge in [-0.15, -0.1) is 0 Å². The SMILES string of the molecule is CS(=O)(=O)N1CCCN(CC2CCCCC2)CC1. The molecule has 2 fully saturated rings. The number of nitrogens with zero attached hydrogens (tertiary/aromatic N) is 2. The van der Waals surface area contributed by atoms with Gasteiger partial charge < -0.3 is 4.90 Å². The van der Waals surface area contributed by atoms with Gasteiger partial charge >= 0.3 is 0 Å². The highest BCUT2D eigenvalue weighted by molar-refractivity contribution is 7.88. The third kappa shape index (κ3) is 4.21. The van der Waals surface area contributed by atoms with Crippen LogP contribution in [0.4, 0.5) is 0 Å². The van der Waals surface area contributed by atoms with Gasteiger partial charge in [0.1, 0.15) is 0 Å². The summed E-state index contributed by atoms with van der Waals surface area (Å²) in [5.41, 5.74) is 0. The summed E-state index contributed by atoms with van der Waals surface area (Å²) in [6, 6.07) is 0. The lowest BCUT2D eigenvalue weighted by Crippen LogP contribution is -2.36. The van der Waals surface area contributed by atoms with Crippen LogP contribution in [0.2, 0.25) is 0 Å². The zero-order valence-corrected chi connectivity index (χ0v) is 12.3. The topological polar surface area (TPSA) is 40.6 Å². The number of sulfonamides is 1. The van der Waals surface area contributed by atoms with Crippen LogP contribution in [-0.4, -0.2) is 56.6 Å². The van der Waals surface area contributed by atoms with Crippen molar-refractivity contribution in [3.05, 3.63) is 0 Å². The van der Waals surface area contributed by atoms with Crippen LogP contribution < -0.4 is 0 Å². The fourth-order valence-corrected chi connectivity index (χ4v) is 4.07. The molecule has 106 valence electrons. The van der Waals surface area contributed by atoms with Crippen molar-refractivity contribution in [1.29, 1.82) is 0 Å². The largest absolute Gasteiger partial charge is 0.302 e. The molecule has 0 aromatic rings. The Morgan fingerprint density at radius 3 is 2.33 bits per heavy atom. The van der Waals surface area contributed by atoms with Crippen molar-refractivity contribution in [2.75, 3.05) is 39.0 Å². The van der Waals surface area contributed by atoms with Gasteiger partial charge in [-0.3, -0.25) is 0 Å². The molecular weight excluding hydrogens is 248 g/mol. The Morgan fingerprint density at radius 2 is 1.67 bits per heavy atom. The summed E-state index contributed by atoms with van der Waals surface area (Å²) in [5, 5.41) is 0. The van der Waals surface area contributed by atoms with E-state index in [0.717, 1.165) is 25.4 Å². The maximum Gasteiger partial charge on any atom is 0.211 e. The van der Waals surface area contributed by atoms with E-state index in [9.17, 15) is 8.42 Å². The van der Waals surface area contributed by atoms with Crippen LogP contribution in [0.25, 0.3) is 0 Å². The summed E-state index contributed by atoms with van der Waals surface area (Å²) in [5.74, 6) is 0.850. The summed E-state index contributed by atoms with van der Waals surface area (Å²) in [6.45, 7) is 4.51. The molecule has 4 nitrogen and oxygen atoms in total. The first-order valence-electron chi connectivity index (χ1n) is 7.23. The third-order valence-corrected chi connectivity index (χ3v) is 5.56. The lowest BCUT2D eigenvalue weighted by atomic mass is 9.89. The minimum absolute atomic E-state index is 0.672. The molecule has 0 aromatic carbocycles. The zero-order valence-electron chi connectivity index (χ0n) is 11.5. The second kappa shape index (κ2) is 6.35. The van der Waals surface area contributed by atoms with Gasteiger partial charge in [-0.05, 0) is 31.7 Å². The van der Waals surface area contributed by atoms with E-state index in [1.807, 2.05) is 0 Å². The molecule has 0 bridgehead atoms. The van der Waals surface area contributed by atoms with Gasteiger partial charge in [-0.25, -0.2) is 12.7 Å². The van der Waals surface area contributed by atoms with E-state index < -0.39 is 10.0 Å². The zero-order chi connectivity index (χ0) is 13.0. The average molecular weight is 274 g/mol. The normalized spacial score (nSPS) is 26.1. The van der Waals surface area contributed by atoms with E-state index in [2.05, 4.69) is 4.90 Å². The number of hydrogen-bond donors (Lipinski definition) is 0. The third-order valence-electron chi connectivity index (χ3n) is 4.26. The highest BCUT2D eigenvalue weighted by Crippen LogP contribution is 2.24. The number of hydrogen-bond acceptors (Lipinski definition) is 3. The smallest absolute Gasteiger partial charge is 0.211 e. The lowest BCUT2D eigenvalue weighted by molar-refractivity contribution is 0.208. The van der Waals surface area contributed by atoms with Crippen LogP contribution in [0, 0.1) is 5.92 Å². The first kappa shape index (κ1) is 14.3. The Bertz CT molecular complexity index is 350. The molecule has 0 unspecified atom stereocenters. The van der Waals surface area contributed by atoms with Crippen LogP contribution in [-0.2, 0) is 10.0 Å². The second-order valence-corrected chi connectivity index (χ2v) is 7.80. The van der Waals surface area contributed by atoms with Crippen LogP contribution in [0.1, 0.15) is 38.5 Å². The second-order valence-electron chi connectivity index (χ2n) is 5.82. The van der Waals surface area contributed by atoms with Crippen LogP contribution in [0.5, 0.6) is 0 Å². The van der Waals surface area contributed by atoms with Gasteiger partial charge in [0.05, 0.1) is 6.26 Å². The average Bonchev–Trinajstić information content (AvgIpc) is 2.55. The standard InChI is InChI=1S/C13H26N2O2S/c1-18(16,17)15-9-5-8-14(10-11-15)12-13-6-3-2-4-7-13/h13H,2-12H2,1H3. The van der Waals surface area contributed by atoms with Gasteiger partial charge in [-0.2, -0.15) is 0 Å². The molecule has 0 atom stereocenters. The van der Waals surface area contributed by atoms with Crippen molar-refractivity contribution < 1.29 is 8.42 Å². The minimum Gasteiger partial charge on any atom is -0.302 e. The van der Waals surface area contributed by atoms with Crippen molar-refractivity contribution in [3.63, 3.8) is 0 Å². The monoisotopic (exact) mass is 274 g/mol. The maximum absolute atomic E-state index is 11.5. The Balaban J connectivity index is 1.81. The summed E-state index contributed by atoms with van der Waals surface area (Å²) in [4.78, 5) is 2.47. The van der Waals surface area contributed by atoms with E-state index in [1.165, 1.54) is 44.9 Å². The van der Waals surface area contributed by atoms with E-state index in [4.69, 9.17) is 0 Å². The Hall–Kier alpha value is -0.130. The quantitative estimate of drug-likeness (QED) is 0.784. The molecule has 1 aliphatic heterocycles. The Morgan fingerprint density at radius 1 is 0.944 bits per heavy atom. The predicted molar refractivity (Wildman–Crippen MR) is 74.0 cm³/mol. The molecule has 2 rings (SSSR count). The molecule has 1 heterocycles. The van der Waals surface area contributed by atoms with Gasteiger partial charge in [-0.1, -0.05) is 19.3 Å². The molecule has 5 heteroatoms. The first-order valence-corrected chi connectivity index (χ1v) is 9.08. The fraction of sp³-hybridized carbons (Fsp3) is 1.00. The van der Waals surface area contributed by atoms with E-state index >= 15 is 0 Å². The van der Waals surface area contributed by atoms with Crippen molar-refractivity contribution in [1.82, 2.24) is 9.21 Å². The number of rotatable bonds is 3. The van der Waals surface area contributed by atoms with Gasteiger partial charge in [0, 0.05) is 26.2 Å². The van der Waals surface area contributed by atoms with Gasteiger partial charge in [0.2, 0.25) is 10.0 Å². The van der Waals surface area contributed by atoms with Gasteiger partial charge in [0.15, 0.2) is 0 Å². The summed E-state index contributed by atoms with van der Waals surface area (Å²) >= 11 is 0. The lowest BCUT2D eigenvalue weighted by Gasteiger charge is -2.28. The fourth-order valence-electron chi connectivity index (χ4n) is 3.20. The molecule has 1 saturated heterocycles. The predicted octanol–water partition coefficient (Wildman–Crippen LogP) is 1.53. The van der Waals surface area contributed by atoms with Gasteiger partial charge in [0.25, 0.3) is 0 Å². The molecule has 18 heavy (non-hydrogen) atoms. The molecule has 0 N–H and O–H groups in total. The van der Waals surface area contributed by atoms with Crippen LogP contribution >= 0.6 is 0 Å². The van der Waals surface area contributed by atoms with Crippen molar-refractivity contribution in [2.24, 2.45) is 5.92 Å². The van der Waals surface area contributed by atoms with Crippen LogP contribution in [0.15, 0.2) is 0 Å². The van der Waals surface area contributed by atoms with E-state index in [1.54, 1.807) is 4.31 Å². The summed E-state index contributed by atoms with van der Waals surface area (Å²) in [7, 11) is -3.00. The molecular formula is C13H26N2O2S. The maximum atomic E-state index is 11.5. The highest BCUT2D eigenvalue weighted by atomic mass is 32.2. The van der Waals surface area contributed by atoms with Crippen molar-refractivity contribution in [3.8, 4) is 0 Å². The Labute approximate surface area is 111 Å². The van der Waals surface area contributed by atoms with Crippen molar-refractivity contribution in [2.45, 2.75) is 38.5 Å². The molecule has 2 aliphatic rings. The molecule has 0 radical (unpaired) electrons. The Kier molecular flexibility index (Phi) is 5.04. The molecule has 1 saturated carbocycles. The molecule has 0 aromatic heterocycles. The van der Waals surface area contributed by atoms with E-state index in [0.29, 0.717) is 13.1 Å². The summed E-state index contributed by atoms with van der Waals surface area (Å²) < 4.78 is 24.7.